The summed E-state index contributed by atoms with van der Waals surface area (Å²) in [6, 6.07) is 3.60. The largest absolute Gasteiger partial charge is 0.488 e. The van der Waals surface area contributed by atoms with E-state index in [2.05, 4.69) is 32.7 Å². The van der Waals surface area contributed by atoms with E-state index in [-0.39, 0.29) is 22.6 Å². The van der Waals surface area contributed by atoms with E-state index in [1.165, 1.54) is 0 Å². The Balaban J connectivity index is 2.20. The monoisotopic (exact) mass is 264 g/mol. The first-order valence-electron chi connectivity index (χ1n) is 5.98. The third kappa shape index (κ3) is 2.18. The van der Waals surface area contributed by atoms with E-state index in [9.17, 15) is 0 Å². The highest BCUT2D eigenvalue weighted by Gasteiger charge is 2.54. The van der Waals surface area contributed by atoms with Crippen molar-refractivity contribution in [3.05, 3.63) is 23.0 Å². The van der Waals surface area contributed by atoms with Crippen LogP contribution in [0.2, 0.25) is 5.02 Å². The predicted molar refractivity (Wildman–Crippen MR) is 70.6 cm³/mol. The van der Waals surface area contributed by atoms with Gasteiger partial charge in [-0.05, 0) is 6.42 Å². The fraction of sp³-hybridized carbons (Fsp3) is 0.571. The van der Waals surface area contributed by atoms with Gasteiger partial charge in [0, 0.05) is 16.9 Å². The molecule has 1 aliphatic carbocycles. The van der Waals surface area contributed by atoms with Gasteiger partial charge in [-0.25, -0.2) is 4.98 Å². The average molecular weight is 265 g/mol. The third-order valence-corrected chi connectivity index (χ3v) is 3.79. The van der Waals surface area contributed by atoms with Crippen molar-refractivity contribution in [3.8, 4) is 11.8 Å². The van der Waals surface area contributed by atoms with Gasteiger partial charge in [0.05, 0.1) is 11.2 Å². The molecule has 1 aromatic rings. The van der Waals surface area contributed by atoms with Gasteiger partial charge in [-0.3, -0.25) is 0 Å². The molecule has 0 spiro atoms. The van der Waals surface area contributed by atoms with Crippen LogP contribution >= 0.6 is 11.6 Å². The van der Waals surface area contributed by atoms with Crippen LogP contribution in [-0.2, 0) is 0 Å². The van der Waals surface area contributed by atoms with Gasteiger partial charge in [0.1, 0.15) is 17.9 Å². The van der Waals surface area contributed by atoms with Crippen LogP contribution in [0.5, 0.6) is 5.75 Å². The smallest absolute Gasteiger partial charge is 0.159 e. The van der Waals surface area contributed by atoms with E-state index in [1.54, 1.807) is 12.3 Å². The molecule has 1 heterocycles. The molecule has 0 aliphatic heterocycles. The summed E-state index contributed by atoms with van der Waals surface area (Å²) in [6.45, 7) is 8.78. The number of halogens is 1. The Morgan fingerprint density at radius 1 is 1.39 bits per heavy atom. The topological polar surface area (TPSA) is 45.9 Å². The van der Waals surface area contributed by atoms with Crippen molar-refractivity contribution in [2.24, 2.45) is 10.8 Å². The van der Waals surface area contributed by atoms with Crippen molar-refractivity contribution >= 4 is 11.6 Å². The number of hydrogen-bond acceptors (Lipinski definition) is 3. The van der Waals surface area contributed by atoms with Gasteiger partial charge in [0.15, 0.2) is 5.69 Å². The molecule has 0 radical (unpaired) electrons. The Labute approximate surface area is 113 Å². The first-order chi connectivity index (χ1) is 8.26. The average Bonchev–Trinajstić information content (AvgIpc) is 2.24. The summed E-state index contributed by atoms with van der Waals surface area (Å²) in [6.07, 6.45) is 2.83. The zero-order valence-electron chi connectivity index (χ0n) is 11.1. The number of pyridine rings is 1. The zero-order chi connectivity index (χ0) is 13.6. The van der Waals surface area contributed by atoms with Crippen LogP contribution in [-0.4, -0.2) is 11.1 Å². The number of rotatable bonds is 2. The first kappa shape index (κ1) is 13.2. The molecule has 1 aromatic heterocycles. The molecule has 96 valence electrons. The summed E-state index contributed by atoms with van der Waals surface area (Å²) < 4.78 is 6.00. The fourth-order valence-electron chi connectivity index (χ4n) is 3.31. The highest BCUT2D eigenvalue weighted by molar-refractivity contribution is 6.31. The quantitative estimate of drug-likeness (QED) is 0.816. The molecular weight excluding hydrogens is 248 g/mol. The third-order valence-electron chi connectivity index (χ3n) is 3.51. The second-order valence-electron chi connectivity index (χ2n) is 6.27. The molecule has 0 N–H and O–H groups in total. The van der Waals surface area contributed by atoms with Crippen molar-refractivity contribution in [3.63, 3.8) is 0 Å². The summed E-state index contributed by atoms with van der Waals surface area (Å²) in [5.74, 6) is 0.629. The molecule has 1 aliphatic rings. The molecule has 3 nitrogen and oxygen atoms in total. The molecule has 18 heavy (non-hydrogen) atoms. The lowest BCUT2D eigenvalue weighted by Gasteiger charge is -2.56. The zero-order valence-corrected chi connectivity index (χ0v) is 11.9. The Morgan fingerprint density at radius 3 is 2.44 bits per heavy atom. The van der Waals surface area contributed by atoms with E-state index in [4.69, 9.17) is 21.6 Å². The van der Waals surface area contributed by atoms with Crippen LogP contribution in [0.4, 0.5) is 0 Å². The molecule has 0 unspecified atom stereocenters. The molecule has 0 amide bonds. The van der Waals surface area contributed by atoms with Crippen molar-refractivity contribution in [2.75, 3.05) is 0 Å². The van der Waals surface area contributed by atoms with Gasteiger partial charge in [-0.1, -0.05) is 39.3 Å². The summed E-state index contributed by atoms with van der Waals surface area (Å²) in [4.78, 5) is 3.99. The predicted octanol–water partition coefficient (Wildman–Crippen LogP) is 3.81. The number of hydrogen-bond donors (Lipinski definition) is 0. The summed E-state index contributed by atoms with van der Waals surface area (Å²) in [7, 11) is 0. The van der Waals surface area contributed by atoms with Gasteiger partial charge in [-0.15, -0.1) is 0 Å². The highest BCUT2D eigenvalue weighted by atomic mass is 35.5. The number of ether oxygens (including phenoxy) is 1. The number of nitriles is 1. The lowest BCUT2D eigenvalue weighted by molar-refractivity contribution is -0.134. The molecule has 4 heteroatoms. The van der Waals surface area contributed by atoms with Crippen LogP contribution < -0.4 is 4.74 Å². The minimum Gasteiger partial charge on any atom is -0.488 e. The van der Waals surface area contributed by atoms with E-state index in [0.717, 1.165) is 6.42 Å². The molecule has 0 aromatic carbocycles. The van der Waals surface area contributed by atoms with Crippen molar-refractivity contribution in [1.29, 1.82) is 5.26 Å². The van der Waals surface area contributed by atoms with E-state index >= 15 is 0 Å². The standard InChI is InChI=1S/C14H17ClN2O/c1-13(2)8-14(3,4)12(13)18-9-5-10(15)11(6-16)17-7-9/h5,7,12H,8H2,1-4H3. The second-order valence-corrected chi connectivity index (χ2v) is 6.67. The van der Waals surface area contributed by atoms with Crippen molar-refractivity contribution < 1.29 is 4.74 Å². The Kier molecular flexibility index (Phi) is 3.03. The van der Waals surface area contributed by atoms with Crippen molar-refractivity contribution in [2.45, 2.75) is 40.2 Å². The first-order valence-corrected chi connectivity index (χ1v) is 6.36. The van der Waals surface area contributed by atoms with Crippen molar-refractivity contribution in [1.82, 2.24) is 4.98 Å². The van der Waals surface area contributed by atoms with Gasteiger partial charge >= 0.3 is 0 Å². The number of nitrogens with zero attached hydrogens (tertiary/aromatic N) is 2. The summed E-state index contributed by atoms with van der Waals surface area (Å²) in [5, 5.41) is 9.11. The maximum absolute atomic E-state index is 8.78. The Hall–Kier alpha value is -1.27. The Morgan fingerprint density at radius 2 is 2.00 bits per heavy atom. The lowest BCUT2D eigenvalue weighted by Crippen LogP contribution is -2.58. The molecule has 1 fully saturated rings. The fourth-order valence-corrected chi connectivity index (χ4v) is 3.51. The summed E-state index contributed by atoms with van der Waals surface area (Å²) >= 11 is 5.95. The Bertz CT molecular complexity index is 503. The maximum atomic E-state index is 8.78. The minimum atomic E-state index is 0.135. The molecule has 0 atom stereocenters. The molecule has 2 rings (SSSR count). The molecule has 0 bridgehead atoms. The molecule has 0 saturated heterocycles. The highest BCUT2D eigenvalue weighted by Crippen LogP contribution is 2.55. The van der Waals surface area contributed by atoms with Gasteiger partial charge in [0.25, 0.3) is 0 Å². The normalized spacial score (nSPS) is 20.9. The van der Waals surface area contributed by atoms with E-state index in [1.807, 2.05) is 6.07 Å². The number of aromatic nitrogens is 1. The van der Waals surface area contributed by atoms with Crippen LogP contribution in [0.25, 0.3) is 0 Å². The van der Waals surface area contributed by atoms with Crippen LogP contribution in [0.1, 0.15) is 39.8 Å². The summed E-state index contributed by atoms with van der Waals surface area (Å²) in [5.41, 5.74) is 0.546. The molecule has 1 saturated carbocycles. The van der Waals surface area contributed by atoms with Crippen LogP contribution in [0.3, 0.4) is 0 Å². The maximum Gasteiger partial charge on any atom is 0.159 e. The molecular formula is C14H17ClN2O. The van der Waals surface area contributed by atoms with E-state index in [0.29, 0.717) is 10.8 Å². The SMILES string of the molecule is CC1(C)CC(C)(C)C1Oc1cnc(C#N)c(Cl)c1. The van der Waals surface area contributed by atoms with Gasteiger partial charge in [0.2, 0.25) is 0 Å². The van der Waals surface area contributed by atoms with Crippen LogP contribution in [0, 0.1) is 22.2 Å². The van der Waals surface area contributed by atoms with E-state index < -0.39 is 0 Å². The lowest BCUT2D eigenvalue weighted by atomic mass is 9.53. The van der Waals surface area contributed by atoms with Gasteiger partial charge in [-0.2, -0.15) is 5.26 Å². The van der Waals surface area contributed by atoms with Gasteiger partial charge < -0.3 is 4.74 Å². The minimum absolute atomic E-state index is 0.135. The van der Waals surface area contributed by atoms with Crippen LogP contribution in [0.15, 0.2) is 12.3 Å². The second kappa shape index (κ2) is 4.13.